The van der Waals surface area contributed by atoms with Crippen LogP contribution in [0, 0.1) is 0 Å². The number of para-hydroxylation sites is 1. The van der Waals surface area contributed by atoms with E-state index in [1.54, 1.807) is 16.2 Å². The zero-order valence-electron chi connectivity index (χ0n) is 16.7. The van der Waals surface area contributed by atoms with Gasteiger partial charge in [0.25, 0.3) is 5.91 Å². The predicted molar refractivity (Wildman–Crippen MR) is 120 cm³/mol. The fraction of sp³-hybridized carbons (Fsp3) is 0.409. The standard InChI is InChI=1S/C22H24N4O2S2/c27-21(17-6-3-9-26(17)22(28)19-8-4-14-29-19)25-12-10-24(11-13-25)15-20-23-16-5-1-2-7-18(16)30-20/h1-2,4-5,7-8,14,17H,3,6,9-13,15H2. The van der Waals surface area contributed by atoms with Gasteiger partial charge in [-0.05, 0) is 36.4 Å². The van der Waals surface area contributed by atoms with Crippen molar-refractivity contribution in [1.29, 1.82) is 0 Å². The molecule has 4 heterocycles. The fourth-order valence-electron chi connectivity index (χ4n) is 4.32. The minimum absolute atomic E-state index is 0.00433. The molecule has 6 nitrogen and oxygen atoms in total. The molecule has 2 amide bonds. The monoisotopic (exact) mass is 440 g/mol. The van der Waals surface area contributed by atoms with Gasteiger partial charge in [-0.15, -0.1) is 22.7 Å². The summed E-state index contributed by atoms with van der Waals surface area (Å²) >= 11 is 3.19. The van der Waals surface area contributed by atoms with Crippen molar-refractivity contribution in [3.8, 4) is 0 Å². The average Bonchev–Trinajstić information content (AvgIpc) is 3.53. The maximum absolute atomic E-state index is 13.2. The van der Waals surface area contributed by atoms with E-state index in [1.807, 2.05) is 34.5 Å². The third kappa shape index (κ3) is 3.87. The highest BCUT2D eigenvalue weighted by Crippen LogP contribution is 2.25. The van der Waals surface area contributed by atoms with E-state index >= 15 is 0 Å². The molecule has 2 saturated heterocycles. The van der Waals surface area contributed by atoms with Crippen molar-refractivity contribution in [2.24, 2.45) is 0 Å². The Bertz CT molecular complexity index is 1010. The SMILES string of the molecule is O=C(C1CCCN1C(=O)c1cccs1)N1CCN(Cc2nc3ccccc3s2)CC1. The van der Waals surface area contributed by atoms with E-state index in [0.717, 1.165) is 47.9 Å². The Morgan fingerprint density at radius 2 is 1.87 bits per heavy atom. The number of piperazine rings is 1. The highest BCUT2D eigenvalue weighted by Gasteiger charge is 2.38. The lowest BCUT2D eigenvalue weighted by molar-refractivity contribution is -0.137. The number of benzene rings is 1. The summed E-state index contributed by atoms with van der Waals surface area (Å²) in [6, 6.07) is 11.6. The van der Waals surface area contributed by atoms with Crippen molar-refractivity contribution in [1.82, 2.24) is 19.7 Å². The number of fused-ring (bicyclic) bond motifs is 1. The van der Waals surface area contributed by atoms with Gasteiger partial charge in [0.05, 0.1) is 21.6 Å². The Balaban J connectivity index is 1.18. The van der Waals surface area contributed by atoms with Gasteiger partial charge in [-0.1, -0.05) is 18.2 Å². The number of carbonyl (C=O) groups is 2. The molecule has 0 bridgehead atoms. The number of nitrogens with zero attached hydrogens (tertiary/aromatic N) is 4. The maximum atomic E-state index is 13.2. The summed E-state index contributed by atoms with van der Waals surface area (Å²) in [4.78, 5) is 37.5. The number of thiazole rings is 1. The summed E-state index contributed by atoms with van der Waals surface area (Å²) in [5.41, 5.74) is 1.06. The fourth-order valence-corrected chi connectivity index (χ4v) is 6.01. The van der Waals surface area contributed by atoms with Crippen LogP contribution in [0.5, 0.6) is 0 Å². The molecule has 3 aromatic rings. The average molecular weight is 441 g/mol. The van der Waals surface area contributed by atoms with E-state index in [2.05, 4.69) is 17.0 Å². The van der Waals surface area contributed by atoms with E-state index in [1.165, 1.54) is 16.0 Å². The molecule has 156 valence electrons. The van der Waals surface area contributed by atoms with Crippen molar-refractivity contribution in [3.63, 3.8) is 0 Å². The van der Waals surface area contributed by atoms with Crippen LogP contribution >= 0.6 is 22.7 Å². The molecule has 2 aliphatic heterocycles. The molecule has 2 aromatic heterocycles. The molecule has 0 saturated carbocycles. The van der Waals surface area contributed by atoms with Gasteiger partial charge >= 0.3 is 0 Å². The zero-order valence-corrected chi connectivity index (χ0v) is 18.3. The Morgan fingerprint density at radius 1 is 1.03 bits per heavy atom. The smallest absolute Gasteiger partial charge is 0.264 e. The first-order valence-corrected chi connectivity index (χ1v) is 12.1. The van der Waals surface area contributed by atoms with Gasteiger partial charge in [-0.2, -0.15) is 0 Å². The Kier molecular flexibility index (Phi) is 5.54. The summed E-state index contributed by atoms with van der Waals surface area (Å²) in [5.74, 6) is 0.104. The second kappa shape index (κ2) is 8.45. The first kappa shape index (κ1) is 19.7. The van der Waals surface area contributed by atoms with Crippen molar-refractivity contribution in [3.05, 3.63) is 51.7 Å². The van der Waals surface area contributed by atoms with Gasteiger partial charge in [-0.25, -0.2) is 4.98 Å². The summed E-state index contributed by atoms with van der Waals surface area (Å²) < 4.78 is 1.22. The van der Waals surface area contributed by atoms with E-state index in [9.17, 15) is 9.59 Å². The molecule has 1 aromatic carbocycles. The molecule has 0 aliphatic carbocycles. The Labute approximate surface area is 183 Å². The van der Waals surface area contributed by atoms with Crippen molar-refractivity contribution < 1.29 is 9.59 Å². The quantitative estimate of drug-likeness (QED) is 0.625. The molecule has 30 heavy (non-hydrogen) atoms. The number of amides is 2. The largest absolute Gasteiger partial charge is 0.338 e. The highest BCUT2D eigenvalue weighted by molar-refractivity contribution is 7.18. The van der Waals surface area contributed by atoms with Crippen LogP contribution in [0.4, 0.5) is 0 Å². The van der Waals surface area contributed by atoms with Crippen molar-refractivity contribution >= 4 is 44.7 Å². The highest BCUT2D eigenvalue weighted by atomic mass is 32.1. The molecule has 1 atom stereocenters. The molecule has 1 unspecified atom stereocenters. The lowest BCUT2D eigenvalue weighted by Crippen LogP contribution is -2.54. The second-order valence-electron chi connectivity index (χ2n) is 7.81. The van der Waals surface area contributed by atoms with Gasteiger partial charge in [0.2, 0.25) is 5.91 Å². The van der Waals surface area contributed by atoms with Gasteiger partial charge in [0.15, 0.2) is 0 Å². The summed E-state index contributed by atoms with van der Waals surface area (Å²) in [6.07, 6.45) is 1.66. The van der Waals surface area contributed by atoms with Crippen LogP contribution in [0.1, 0.15) is 27.5 Å². The van der Waals surface area contributed by atoms with E-state index in [0.29, 0.717) is 19.6 Å². The number of thiophene rings is 1. The number of rotatable bonds is 4. The predicted octanol–water partition coefficient (Wildman–Crippen LogP) is 3.31. The second-order valence-corrected chi connectivity index (χ2v) is 9.87. The minimum Gasteiger partial charge on any atom is -0.338 e. The van der Waals surface area contributed by atoms with Crippen LogP contribution in [0.3, 0.4) is 0 Å². The van der Waals surface area contributed by atoms with Gasteiger partial charge in [-0.3, -0.25) is 14.5 Å². The first-order valence-electron chi connectivity index (χ1n) is 10.4. The summed E-state index contributed by atoms with van der Waals surface area (Å²) in [6.45, 7) is 4.60. The van der Waals surface area contributed by atoms with Crippen LogP contribution in [-0.2, 0) is 11.3 Å². The van der Waals surface area contributed by atoms with Crippen molar-refractivity contribution in [2.75, 3.05) is 32.7 Å². The lowest BCUT2D eigenvalue weighted by atomic mass is 10.1. The van der Waals surface area contributed by atoms with Gasteiger partial charge in [0, 0.05) is 32.7 Å². The maximum Gasteiger partial charge on any atom is 0.264 e. The molecule has 8 heteroatoms. The molecule has 5 rings (SSSR count). The summed E-state index contributed by atoms with van der Waals surface area (Å²) in [7, 11) is 0. The topological polar surface area (TPSA) is 56.8 Å². The summed E-state index contributed by atoms with van der Waals surface area (Å²) in [5, 5.41) is 3.03. The molecule has 0 spiro atoms. The van der Waals surface area contributed by atoms with E-state index in [-0.39, 0.29) is 17.9 Å². The lowest BCUT2D eigenvalue weighted by Gasteiger charge is -2.37. The molecular weight excluding hydrogens is 416 g/mol. The number of hydrogen-bond donors (Lipinski definition) is 0. The van der Waals surface area contributed by atoms with Crippen molar-refractivity contribution in [2.45, 2.75) is 25.4 Å². The van der Waals surface area contributed by atoms with Crippen LogP contribution in [-0.4, -0.2) is 70.3 Å². The molecule has 0 radical (unpaired) electrons. The molecule has 2 fully saturated rings. The van der Waals surface area contributed by atoms with E-state index < -0.39 is 0 Å². The van der Waals surface area contributed by atoms with Crippen LogP contribution in [0.2, 0.25) is 0 Å². The van der Waals surface area contributed by atoms with E-state index in [4.69, 9.17) is 4.98 Å². The Morgan fingerprint density at radius 3 is 2.63 bits per heavy atom. The van der Waals surface area contributed by atoms with Gasteiger partial charge < -0.3 is 9.80 Å². The third-order valence-corrected chi connectivity index (χ3v) is 7.79. The molecule has 2 aliphatic rings. The van der Waals surface area contributed by atoms with Crippen LogP contribution in [0.15, 0.2) is 41.8 Å². The number of carbonyl (C=O) groups excluding carboxylic acids is 2. The Hall–Kier alpha value is -2.29. The number of aromatic nitrogens is 1. The normalized spacial score (nSPS) is 20.2. The molecule has 0 N–H and O–H groups in total. The number of likely N-dealkylation sites (tertiary alicyclic amines) is 1. The number of hydrogen-bond acceptors (Lipinski definition) is 6. The van der Waals surface area contributed by atoms with Crippen LogP contribution < -0.4 is 0 Å². The third-order valence-electron chi connectivity index (χ3n) is 5.91. The minimum atomic E-state index is -0.310. The first-order chi connectivity index (χ1) is 14.7. The van der Waals surface area contributed by atoms with Crippen LogP contribution in [0.25, 0.3) is 10.2 Å². The van der Waals surface area contributed by atoms with Gasteiger partial charge in [0.1, 0.15) is 11.0 Å². The molecular formula is C22H24N4O2S2. The zero-order chi connectivity index (χ0) is 20.5.